The molecule has 0 unspecified atom stereocenters. The van der Waals surface area contributed by atoms with Crippen LogP contribution in [0.4, 0.5) is 4.39 Å². The summed E-state index contributed by atoms with van der Waals surface area (Å²) in [7, 11) is 0. The summed E-state index contributed by atoms with van der Waals surface area (Å²) in [5.41, 5.74) is 0.684. The number of rotatable bonds is 2. The molecule has 0 spiro atoms. The molecule has 0 fully saturated rings. The zero-order chi connectivity index (χ0) is 14.3. The number of benzene rings is 1. The van der Waals surface area contributed by atoms with Gasteiger partial charge in [-0.25, -0.2) is 8.91 Å². The van der Waals surface area contributed by atoms with Gasteiger partial charge in [-0.2, -0.15) is 5.10 Å². The van der Waals surface area contributed by atoms with Gasteiger partial charge >= 0.3 is 0 Å². The highest BCUT2D eigenvalue weighted by Crippen LogP contribution is 2.29. The second-order valence-electron chi connectivity index (χ2n) is 4.02. The molecular formula is C13H6BrClFN3O. The number of ketones is 1. The predicted octanol–water partition coefficient (Wildman–Crippen LogP) is 3.52. The summed E-state index contributed by atoms with van der Waals surface area (Å²) in [6.07, 6.45) is 6.04. The first kappa shape index (κ1) is 13.2. The maximum absolute atomic E-state index is 14.1. The third kappa shape index (κ3) is 2.01. The first-order valence-corrected chi connectivity index (χ1v) is 6.72. The van der Waals surface area contributed by atoms with Crippen molar-refractivity contribution in [3.05, 3.63) is 63.4 Å². The summed E-state index contributed by atoms with van der Waals surface area (Å²) in [6.45, 7) is 0. The van der Waals surface area contributed by atoms with Gasteiger partial charge in [0.1, 0.15) is 0 Å². The molecule has 100 valence electrons. The Morgan fingerprint density at radius 2 is 2.10 bits per heavy atom. The predicted molar refractivity (Wildman–Crippen MR) is 75.5 cm³/mol. The number of nitrogens with zero attached hydrogens (tertiary/aromatic N) is 3. The van der Waals surface area contributed by atoms with Crippen LogP contribution >= 0.6 is 27.5 Å². The Kier molecular flexibility index (Phi) is 3.27. The third-order valence-electron chi connectivity index (χ3n) is 2.85. The molecule has 3 rings (SSSR count). The monoisotopic (exact) mass is 353 g/mol. The van der Waals surface area contributed by atoms with Crippen LogP contribution in [0.25, 0.3) is 5.52 Å². The molecule has 0 aliphatic carbocycles. The molecule has 7 heteroatoms. The zero-order valence-electron chi connectivity index (χ0n) is 9.85. The van der Waals surface area contributed by atoms with E-state index in [1.807, 2.05) is 0 Å². The number of carbonyl (C=O) groups excluding carboxylic acids is 1. The second kappa shape index (κ2) is 4.96. The molecular weight excluding hydrogens is 349 g/mol. The van der Waals surface area contributed by atoms with E-state index < -0.39 is 11.6 Å². The van der Waals surface area contributed by atoms with E-state index in [0.29, 0.717) is 9.99 Å². The number of carbonyl (C=O) groups is 1. The van der Waals surface area contributed by atoms with E-state index in [4.69, 9.17) is 11.6 Å². The molecule has 4 nitrogen and oxygen atoms in total. The van der Waals surface area contributed by atoms with Crippen molar-refractivity contribution in [3.63, 3.8) is 0 Å². The van der Waals surface area contributed by atoms with Crippen LogP contribution in [-0.4, -0.2) is 20.4 Å². The Morgan fingerprint density at radius 1 is 1.30 bits per heavy atom. The molecule has 0 N–H and O–H groups in total. The lowest BCUT2D eigenvalue weighted by atomic mass is 10.0. The van der Waals surface area contributed by atoms with Gasteiger partial charge in [-0.3, -0.25) is 9.78 Å². The largest absolute Gasteiger partial charge is 0.288 e. The zero-order valence-corrected chi connectivity index (χ0v) is 12.2. The van der Waals surface area contributed by atoms with E-state index in [2.05, 4.69) is 26.0 Å². The Hall–Kier alpha value is -1.79. The van der Waals surface area contributed by atoms with Gasteiger partial charge in [-0.05, 0) is 28.1 Å². The minimum atomic E-state index is -0.755. The van der Waals surface area contributed by atoms with Gasteiger partial charge in [0.15, 0.2) is 11.6 Å². The van der Waals surface area contributed by atoms with Crippen LogP contribution in [0.1, 0.15) is 15.9 Å². The minimum Gasteiger partial charge on any atom is -0.288 e. The number of halogens is 3. The van der Waals surface area contributed by atoms with E-state index in [1.54, 1.807) is 12.4 Å². The van der Waals surface area contributed by atoms with Gasteiger partial charge in [0.25, 0.3) is 0 Å². The maximum Gasteiger partial charge on any atom is 0.199 e. The first-order valence-electron chi connectivity index (χ1n) is 5.55. The molecule has 0 radical (unpaired) electrons. The fourth-order valence-corrected chi connectivity index (χ4v) is 2.33. The Bertz CT molecular complexity index is 834. The highest BCUT2D eigenvalue weighted by Gasteiger charge is 2.21. The van der Waals surface area contributed by atoms with Crippen LogP contribution in [0.3, 0.4) is 0 Å². The Balaban J connectivity index is 2.16. The molecule has 2 heterocycles. The van der Waals surface area contributed by atoms with E-state index >= 15 is 0 Å². The number of hydrogen-bond acceptors (Lipinski definition) is 3. The van der Waals surface area contributed by atoms with Crippen LogP contribution in [0.15, 0.2) is 41.4 Å². The summed E-state index contributed by atoms with van der Waals surface area (Å²) in [5.74, 6) is -1.24. The highest BCUT2D eigenvalue weighted by atomic mass is 79.9. The fourth-order valence-electron chi connectivity index (χ4n) is 1.86. The molecule has 20 heavy (non-hydrogen) atoms. The second-order valence-corrected chi connectivity index (χ2v) is 5.25. The lowest BCUT2D eigenvalue weighted by molar-refractivity contribution is 0.103. The topological polar surface area (TPSA) is 47.3 Å². The first-order chi connectivity index (χ1) is 9.59. The highest BCUT2D eigenvalue weighted by molar-refractivity contribution is 9.10. The quantitative estimate of drug-likeness (QED) is 0.522. The van der Waals surface area contributed by atoms with Crippen molar-refractivity contribution in [1.29, 1.82) is 0 Å². The fraction of sp³-hybridized carbons (Fsp3) is 0. The van der Waals surface area contributed by atoms with Crippen molar-refractivity contribution in [2.45, 2.75) is 0 Å². The molecule has 0 saturated carbocycles. The Morgan fingerprint density at radius 3 is 2.90 bits per heavy atom. The Labute approximate surface area is 126 Å². The summed E-state index contributed by atoms with van der Waals surface area (Å²) in [5, 5.41) is 3.91. The molecule has 3 aromatic rings. The van der Waals surface area contributed by atoms with Crippen molar-refractivity contribution in [1.82, 2.24) is 14.6 Å². The van der Waals surface area contributed by atoms with Crippen molar-refractivity contribution < 1.29 is 9.18 Å². The number of aromatic nitrogens is 3. The van der Waals surface area contributed by atoms with Crippen LogP contribution in [0.5, 0.6) is 0 Å². The average molecular weight is 355 g/mol. The summed E-state index contributed by atoms with van der Waals surface area (Å²) >= 11 is 8.91. The standard InChI is InChI=1S/C13H6BrClFN3O/c14-9-2-1-7(12(16)11(9)15)13(20)8-5-18-19-4-3-17-6-10(8)19/h1-6H. The van der Waals surface area contributed by atoms with Gasteiger partial charge in [0, 0.05) is 16.9 Å². The van der Waals surface area contributed by atoms with Crippen molar-refractivity contribution >= 4 is 38.8 Å². The van der Waals surface area contributed by atoms with E-state index in [0.717, 1.165) is 0 Å². The molecule has 0 amide bonds. The molecule has 0 aliphatic rings. The van der Waals surface area contributed by atoms with E-state index in [-0.39, 0.29) is 16.1 Å². The van der Waals surface area contributed by atoms with E-state index in [1.165, 1.54) is 29.0 Å². The van der Waals surface area contributed by atoms with Crippen LogP contribution in [0, 0.1) is 5.82 Å². The van der Waals surface area contributed by atoms with E-state index in [9.17, 15) is 9.18 Å². The average Bonchev–Trinajstić information content (AvgIpc) is 2.88. The smallest absolute Gasteiger partial charge is 0.199 e. The normalized spacial score (nSPS) is 10.9. The van der Waals surface area contributed by atoms with Gasteiger partial charge in [-0.1, -0.05) is 11.6 Å². The molecule has 0 bridgehead atoms. The lowest BCUT2D eigenvalue weighted by Crippen LogP contribution is -2.05. The van der Waals surface area contributed by atoms with Gasteiger partial charge in [0.05, 0.1) is 34.1 Å². The molecule has 0 saturated heterocycles. The third-order valence-corrected chi connectivity index (χ3v) is 4.11. The summed E-state index contributed by atoms with van der Waals surface area (Å²) in [6, 6.07) is 2.91. The SMILES string of the molecule is O=C(c1ccc(Br)c(Cl)c1F)c1cnn2ccncc12. The van der Waals surface area contributed by atoms with Crippen molar-refractivity contribution in [3.8, 4) is 0 Å². The number of hydrogen-bond donors (Lipinski definition) is 0. The molecule has 2 aromatic heterocycles. The lowest BCUT2D eigenvalue weighted by Gasteiger charge is -2.04. The van der Waals surface area contributed by atoms with Crippen molar-refractivity contribution in [2.75, 3.05) is 0 Å². The summed E-state index contributed by atoms with van der Waals surface area (Å²) in [4.78, 5) is 16.3. The molecule has 0 aliphatic heterocycles. The van der Waals surface area contributed by atoms with Crippen LogP contribution in [-0.2, 0) is 0 Å². The van der Waals surface area contributed by atoms with Crippen molar-refractivity contribution in [2.24, 2.45) is 0 Å². The van der Waals surface area contributed by atoms with Gasteiger partial charge in [0.2, 0.25) is 0 Å². The molecule has 1 aromatic carbocycles. The van der Waals surface area contributed by atoms with Gasteiger partial charge in [-0.15, -0.1) is 0 Å². The van der Waals surface area contributed by atoms with Crippen LogP contribution < -0.4 is 0 Å². The minimum absolute atomic E-state index is 0.100. The van der Waals surface area contributed by atoms with Gasteiger partial charge < -0.3 is 0 Å². The summed E-state index contributed by atoms with van der Waals surface area (Å²) < 4.78 is 16.0. The molecule has 0 atom stereocenters. The maximum atomic E-state index is 14.1. The number of fused-ring (bicyclic) bond motifs is 1. The van der Waals surface area contributed by atoms with Crippen LogP contribution in [0.2, 0.25) is 5.02 Å².